The van der Waals surface area contributed by atoms with Crippen molar-refractivity contribution in [3.63, 3.8) is 0 Å². The van der Waals surface area contributed by atoms with E-state index in [-0.39, 0.29) is 5.02 Å². The van der Waals surface area contributed by atoms with Crippen molar-refractivity contribution in [3.05, 3.63) is 75.5 Å². The van der Waals surface area contributed by atoms with Gasteiger partial charge in [-0.2, -0.15) is 5.10 Å². The Labute approximate surface area is 271 Å². The van der Waals surface area contributed by atoms with Gasteiger partial charge in [0, 0.05) is 33.7 Å². The quantitative estimate of drug-likeness (QED) is 0.116. The van der Waals surface area contributed by atoms with Crippen molar-refractivity contribution in [2.24, 2.45) is 0 Å². The number of nitrogens with zero attached hydrogens (tertiary/aromatic N) is 4. The summed E-state index contributed by atoms with van der Waals surface area (Å²) in [5, 5.41) is 13.8. The lowest BCUT2D eigenvalue weighted by molar-refractivity contribution is 0.266. The van der Waals surface area contributed by atoms with E-state index in [1.165, 1.54) is 12.1 Å². The number of fused-ring (bicyclic) bond motifs is 3. The highest BCUT2D eigenvalue weighted by Gasteiger charge is 2.29. The second-order valence-electron chi connectivity index (χ2n) is 10.9. The summed E-state index contributed by atoms with van der Waals surface area (Å²) in [6.45, 7) is 7.36. The topological polar surface area (TPSA) is 85.4 Å². The molecule has 0 amide bonds. The molecule has 232 valence electrons. The maximum absolute atomic E-state index is 13.8. The van der Waals surface area contributed by atoms with E-state index in [9.17, 15) is 8.60 Å². The second kappa shape index (κ2) is 13.6. The minimum atomic E-state index is -1.06. The number of rotatable bonds is 14. The number of ether oxygens (including phenoxy) is 1. The zero-order chi connectivity index (χ0) is 30.8. The van der Waals surface area contributed by atoms with Crippen LogP contribution in [0.2, 0.25) is 5.02 Å². The fourth-order valence-corrected chi connectivity index (χ4v) is 7.10. The van der Waals surface area contributed by atoms with Crippen LogP contribution in [0.1, 0.15) is 50.7 Å². The summed E-state index contributed by atoms with van der Waals surface area (Å²) >= 11 is 9.74. The van der Waals surface area contributed by atoms with Crippen LogP contribution < -0.4 is 10.1 Å². The molecule has 0 saturated heterocycles. The van der Waals surface area contributed by atoms with E-state index in [0.29, 0.717) is 47.8 Å². The first-order valence-electron chi connectivity index (χ1n) is 14.8. The zero-order valence-electron chi connectivity index (χ0n) is 24.6. The van der Waals surface area contributed by atoms with Gasteiger partial charge in [0.15, 0.2) is 5.82 Å². The zero-order valence-corrected chi connectivity index (χ0v) is 27.8. The van der Waals surface area contributed by atoms with E-state index >= 15 is 0 Å². The summed E-state index contributed by atoms with van der Waals surface area (Å²) in [5.74, 6) is 3.32. The Hall–Kier alpha value is -2.99. The molecule has 2 aromatic carbocycles. The van der Waals surface area contributed by atoms with E-state index in [2.05, 4.69) is 60.8 Å². The highest BCUT2D eigenvalue weighted by atomic mass is 79.9. The van der Waals surface area contributed by atoms with Crippen molar-refractivity contribution < 1.29 is 17.8 Å². The number of benzene rings is 2. The van der Waals surface area contributed by atoms with E-state index in [1.54, 1.807) is 12.3 Å². The third-order valence-electron chi connectivity index (χ3n) is 7.83. The monoisotopic (exact) mass is 701 g/mol. The predicted octanol–water partition coefficient (Wildman–Crippen LogP) is 8.37. The average molecular weight is 703 g/mol. The Kier molecular flexibility index (Phi) is 9.56. The molecule has 44 heavy (non-hydrogen) atoms. The molecule has 8 nitrogen and oxygen atoms in total. The van der Waals surface area contributed by atoms with Gasteiger partial charge in [-0.3, -0.25) is 9.11 Å². The van der Waals surface area contributed by atoms with E-state index in [1.807, 2.05) is 18.2 Å². The van der Waals surface area contributed by atoms with Crippen molar-refractivity contribution >= 4 is 71.6 Å². The van der Waals surface area contributed by atoms with Crippen molar-refractivity contribution in [2.45, 2.75) is 51.4 Å². The first-order valence-corrected chi connectivity index (χ1v) is 17.5. The summed E-state index contributed by atoms with van der Waals surface area (Å²) in [6.07, 6.45) is 4.61. The van der Waals surface area contributed by atoms with Crippen LogP contribution in [0.5, 0.6) is 5.75 Å². The average Bonchev–Trinajstić information content (AvgIpc) is 3.67. The third-order valence-corrected chi connectivity index (χ3v) is 10.1. The molecule has 3 heterocycles. The lowest BCUT2D eigenvalue weighted by Crippen LogP contribution is -2.21. The third kappa shape index (κ3) is 6.80. The number of furan rings is 1. The van der Waals surface area contributed by atoms with Gasteiger partial charge < -0.3 is 19.0 Å². The summed E-state index contributed by atoms with van der Waals surface area (Å²) < 4.78 is 41.8. The van der Waals surface area contributed by atoms with Crippen LogP contribution in [0.4, 0.5) is 15.9 Å². The molecule has 5 aromatic rings. The van der Waals surface area contributed by atoms with E-state index in [0.717, 1.165) is 70.3 Å². The van der Waals surface area contributed by atoms with Crippen molar-refractivity contribution in [3.8, 4) is 5.75 Å². The van der Waals surface area contributed by atoms with Crippen molar-refractivity contribution in [2.75, 3.05) is 30.8 Å². The summed E-state index contributed by atoms with van der Waals surface area (Å²) in [7, 11) is -1.06. The van der Waals surface area contributed by atoms with Crippen molar-refractivity contribution in [1.82, 2.24) is 19.7 Å². The highest BCUT2D eigenvalue weighted by Crippen LogP contribution is 2.46. The molecule has 12 heteroatoms. The van der Waals surface area contributed by atoms with Gasteiger partial charge in [-0.1, -0.05) is 25.4 Å². The second-order valence-corrected chi connectivity index (χ2v) is 13.8. The molecule has 0 aliphatic heterocycles. The number of nitrogens with one attached hydrogen (secondary N) is 1. The van der Waals surface area contributed by atoms with E-state index < -0.39 is 16.6 Å². The molecular weight excluding hydrogens is 669 g/mol. The SMILES string of the molecule is CCN(CC)Cc1ccc(CS(=O)CCCOc2cc3c4c(Nc5ccc(F)c(Cl)c5)nncc4n(C4CC4)c3cc2Br)o1. The molecule has 1 saturated carbocycles. The Bertz CT molecular complexity index is 1820. The molecule has 1 fully saturated rings. The number of hydrogen-bond donors (Lipinski definition) is 1. The number of aromatic nitrogens is 3. The Morgan fingerprint density at radius 3 is 2.70 bits per heavy atom. The fourth-order valence-electron chi connectivity index (χ4n) is 5.42. The van der Waals surface area contributed by atoms with Crippen LogP contribution in [-0.2, 0) is 23.1 Å². The summed E-state index contributed by atoms with van der Waals surface area (Å²) in [4.78, 5) is 2.28. The Balaban J connectivity index is 1.16. The normalized spacial score (nSPS) is 14.1. The molecule has 1 N–H and O–H groups in total. The van der Waals surface area contributed by atoms with Gasteiger partial charge >= 0.3 is 0 Å². The van der Waals surface area contributed by atoms with Gasteiger partial charge in [0.2, 0.25) is 0 Å². The number of hydrogen-bond acceptors (Lipinski definition) is 7. The highest BCUT2D eigenvalue weighted by molar-refractivity contribution is 9.10. The molecule has 0 bridgehead atoms. The molecule has 3 aromatic heterocycles. The van der Waals surface area contributed by atoms with Crippen LogP contribution in [0.3, 0.4) is 0 Å². The summed E-state index contributed by atoms with van der Waals surface area (Å²) in [5.41, 5.74) is 2.63. The first kappa shape index (κ1) is 31.0. The molecule has 6 rings (SSSR count). The lowest BCUT2D eigenvalue weighted by atomic mass is 10.2. The largest absolute Gasteiger partial charge is 0.492 e. The molecular formula is C32H34BrClFN5O3S. The minimum Gasteiger partial charge on any atom is -0.492 e. The van der Waals surface area contributed by atoms with Crippen LogP contribution in [0.15, 0.2) is 57.6 Å². The molecule has 1 aliphatic carbocycles. The van der Waals surface area contributed by atoms with Gasteiger partial charge in [-0.15, -0.1) is 5.10 Å². The van der Waals surface area contributed by atoms with Crippen molar-refractivity contribution in [1.29, 1.82) is 0 Å². The van der Waals surface area contributed by atoms with Gasteiger partial charge in [0.25, 0.3) is 0 Å². The van der Waals surface area contributed by atoms with Gasteiger partial charge in [-0.05, 0) is 90.7 Å². The molecule has 1 unspecified atom stereocenters. The fraction of sp³-hybridized carbons (Fsp3) is 0.375. The predicted molar refractivity (Wildman–Crippen MR) is 178 cm³/mol. The van der Waals surface area contributed by atoms with Crippen LogP contribution in [-0.4, -0.2) is 49.3 Å². The van der Waals surface area contributed by atoms with E-state index in [4.69, 9.17) is 20.8 Å². The summed E-state index contributed by atoms with van der Waals surface area (Å²) in [6, 6.07) is 12.9. The number of halogens is 3. The van der Waals surface area contributed by atoms with Crippen LogP contribution in [0, 0.1) is 5.82 Å². The Morgan fingerprint density at radius 2 is 1.95 bits per heavy atom. The van der Waals surface area contributed by atoms with Gasteiger partial charge in [0.1, 0.15) is 23.1 Å². The standard InChI is InChI=1S/C32H34BrClFN5O3S/c1-3-39(4-2)18-22-9-10-23(43-22)19-44(41)13-5-12-42-30-15-24-28(16-25(30)33)40(21-7-8-21)29-17-36-38-32(31(24)29)37-20-6-11-27(35)26(34)14-20/h6,9-11,14-17,21H,3-5,7-8,12-13,18-19H2,1-2H3,(H,37,38). The lowest BCUT2D eigenvalue weighted by Gasteiger charge is -2.15. The maximum Gasteiger partial charge on any atom is 0.163 e. The molecule has 0 spiro atoms. The Morgan fingerprint density at radius 1 is 1.16 bits per heavy atom. The number of anilines is 2. The minimum absolute atomic E-state index is 0.0280. The van der Waals surface area contributed by atoms with Gasteiger partial charge in [-0.25, -0.2) is 4.39 Å². The smallest absolute Gasteiger partial charge is 0.163 e. The molecule has 0 radical (unpaired) electrons. The van der Waals surface area contributed by atoms with Crippen LogP contribution >= 0.6 is 27.5 Å². The molecule has 1 aliphatic rings. The molecule has 1 atom stereocenters. The van der Waals surface area contributed by atoms with Crippen LogP contribution in [0.25, 0.3) is 21.8 Å². The maximum atomic E-state index is 13.8. The first-order chi connectivity index (χ1) is 21.3. The van der Waals surface area contributed by atoms with Gasteiger partial charge in [0.05, 0.1) is 51.0 Å².